The van der Waals surface area contributed by atoms with Gasteiger partial charge >= 0.3 is 0 Å². The van der Waals surface area contributed by atoms with Crippen LogP contribution in [0.2, 0.25) is 0 Å². The van der Waals surface area contributed by atoms with Crippen molar-refractivity contribution >= 4 is 28.3 Å². The smallest absolute Gasteiger partial charge is 0.254 e. The largest absolute Gasteiger partial charge is 0.334 e. The van der Waals surface area contributed by atoms with Gasteiger partial charge in [0.05, 0.1) is 5.75 Å². The van der Waals surface area contributed by atoms with Crippen LogP contribution in [0, 0.1) is 0 Å². The van der Waals surface area contributed by atoms with E-state index in [2.05, 4.69) is 12.2 Å². The number of carbonyl (C=O) groups excluding carboxylic acids is 1. The van der Waals surface area contributed by atoms with Gasteiger partial charge in [0.1, 0.15) is 0 Å². The van der Waals surface area contributed by atoms with Gasteiger partial charge in [0.2, 0.25) is 10.0 Å². The summed E-state index contributed by atoms with van der Waals surface area (Å²) >= 11 is 0. The summed E-state index contributed by atoms with van der Waals surface area (Å²) in [6.45, 7) is 4.54. The number of hydrogen-bond donors (Lipinski definition) is 2. The van der Waals surface area contributed by atoms with Gasteiger partial charge in [0, 0.05) is 24.7 Å². The first-order chi connectivity index (χ1) is 10.4. The molecule has 1 atom stereocenters. The predicted molar refractivity (Wildman–Crippen MR) is 93.1 cm³/mol. The Balaban J connectivity index is 0.00000264. The van der Waals surface area contributed by atoms with Crippen LogP contribution in [0.4, 0.5) is 0 Å². The van der Waals surface area contributed by atoms with Crippen LogP contribution < -0.4 is 10.5 Å². The van der Waals surface area contributed by atoms with Crippen LogP contribution in [0.25, 0.3) is 0 Å². The molecule has 1 aromatic rings. The average molecular weight is 362 g/mol. The lowest BCUT2D eigenvalue weighted by Crippen LogP contribution is -2.42. The van der Waals surface area contributed by atoms with E-state index in [4.69, 9.17) is 5.14 Å². The van der Waals surface area contributed by atoms with E-state index in [1.165, 1.54) is 0 Å². The van der Waals surface area contributed by atoms with E-state index in [9.17, 15) is 13.2 Å². The fourth-order valence-corrected chi connectivity index (χ4v) is 3.40. The van der Waals surface area contributed by atoms with Crippen LogP contribution in [-0.2, 0) is 15.8 Å². The zero-order valence-corrected chi connectivity index (χ0v) is 14.8. The first kappa shape index (κ1) is 19.9. The van der Waals surface area contributed by atoms with Crippen molar-refractivity contribution in [2.75, 3.05) is 19.6 Å². The topological polar surface area (TPSA) is 92.5 Å². The third-order valence-corrected chi connectivity index (χ3v) is 4.50. The molecule has 1 amide bonds. The van der Waals surface area contributed by atoms with E-state index in [1.807, 2.05) is 4.90 Å². The second kappa shape index (κ2) is 8.63. The fraction of sp³-hybridized carbons (Fsp3) is 0.533. The van der Waals surface area contributed by atoms with Crippen LogP contribution in [0.1, 0.15) is 35.7 Å². The Morgan fingerprint density at radius 1 is 1.35 bits per heavy atom. The number of primary sulfonamides is 1. The third kappa shape index (κ3) is 5.76. The number of sulfonamides is 1. The van der Waals surface area contributed by atoms with Crippen molar-refractivity contribution in [1.29, 1.82) is 0 Å². The summed E-state index contributed by atoms with van der Waals surface area (Å²) in [4.78, 5) is 14.6. The average Bonchev–Trinajstić information content (AvgIpc) is 2.97. The molecule has 0 spiro atoms. The molecule has 3 N–H and O–H groups in total. The van der Waals surface area contributed by atoms with Crippen molar-refractivity contribution in [2.24, 2.45) is 5.14 Å². The number of carbonyl (C=O) groups is 1. The maximum absolute atomic E-state index is 12.7. The molecular weight excluding hydrogens is 338 g/mol. The highest BCUT2D eigenvalue weighted by Gasteiger charge is 2.26. The Bertz CT molecular complexity index is 613. The highest BCUT2D eigenvalue weighted by molar-refractivity contribution is 7.88. The second-order valence-electron chi connectivity index (χ2n) is 5.65. The third-order valence-electron chi connectivity index (χ3n) is 3.77. The Morgan fingerprint density at radius 3 is 2.48 bits per heavy atom. The van der Waals surface area contributed by atoms with Gasteiger partial charge in [0.15, 0.2) is 0 Å². The molecule has 23 heavy (non-hydrogen) atoms. The lowest BCUT2D eigenvalue weighted by Gasteiger charge is -2.28. The lowest BCUT2D eigenvalue weighted by molar-refractivity contribution is 0.0692. The molecule has 1 aliphatic rings. The van der Waals surface area contributed by atoms with Gasteiger partial charge in [-0.15, -0.1) is 12.4 Å². The van der Waals surface area contributed by atoms with Crippen LogP contribution in [0.3, 0.4) is 0 Å². The van der Waals surface area contributed by atoms with Gasteiger partial charge < -0.3 is 10.2 Å². The van der Waals surface area contributed by atoms with Crippen LogP contribution in [0.15, 0.2) is 24.3 Å². The molecule has 130 valence electrons. The van der Waals surface area contributed by atoms with Crippen LogP contribution in [0.5, 0.6) is 0 Å². The van der Waals surface area contributed by atoms with Crippen molar-refractivity contribution in [2.45, 2.75) is 31.6 Å². The standard InChI is InChI=1S/C15H23N3O3S.ClH/c1-2-9-18(14-7-8-17-10-14)15(19)13-5-3-12(4-6-13)11-22(16,20)21;/h3-6,14,17H,2,7-11H2,1H3,(H2,16,20,21);1H. The van der Waals surface area contributed by atoms with E-state index >= 15 is 0 Å². The molecule has 8 heteroatoms. The Labute approximate surface area is 143 Å². The van der Waals surface area contributed by atoms with Gasteiger partial charge in [-0.2, -0.15) is 0 Å². The minimum absolute atomic E-state index is 0. The van der Waals surface area contributed by atoms with E-state index in [-0.39, 0.29) is 30.1 Å². The number of halogens is 1. The number of nitrogens with two attached hydrogens (primary N) is 1. The summed E-state index contributed by atoms with van der Waals surface area (Å²) in [6.07, 6.45) is 1.88. The monoisotopic (exact) mass is 361 g/mol. The molecule has 0 bridgehead atoms. The zero-order valence-electron chi connectivity index (χ0n) is 13.2. The van der Waals surface area contributed by atoms with Crippen LogP contribution in [-0.4, -0.2) is 44.9 Å². The van der Waals surface area contributed by atoms with Crippen molar-refractivity contribution in [3.05, 3.63) is 35.4 Å². The summed E-state index contributed by atoms with van der Waals surface area (Å²) in [6, 6.07) is 6.88. The lowest BCUT2D eigenvalue weighted by atomic mass is 10.1. The quantitative estimate of drug-likeness (QED) is 0.793. The van der Waals surface area contributed by atoms with Crippen molar-refractivity contribution in [3.63, 3.8) is 0 Å². The summed E-state index contributed by atoms with van der Waals surface area (Å²) < 4.78 is 22.2. The summed E-state index contributed by atoms with van der Waals surface area (Å²) in [5, 5.41) is 8.30. The minimum atomic E-state index is -3.55. The maximum Gasteiger partial charge on any atom is 0.254 e. The van der Waals surface area contributed by atoms with Gasteiger partial charge in [-0.3, -0.25) is 4.79 Å². The number of nitrogens with zero attached hydrogens (tertiary/aromatic N) is 1. The molecule has 1 aromatic carbocycles. The van der Waals surface area contributed by atoms with E-state index in [0.717, 1.165) is 32.5 Å². The summed E-state index contributed by atoms with van der Waals surface area (Å²) in [7, 11) is -3.55. The molecule has 1 fully saturated rings. The minimum Gasteiger partial charge on any atom is -0.334 e. The number of nitrogens with one attached hydrogen (secondary N) is 1. The molecule has 1 aliphatic heterocycles. The molecular formula is C15H24ClN3O3S. The van der Waals surface area contributed by atoms with Crippen molar-refractivity contribution in [3.8, 4) is 0 Å². The predicted octanol–water partition coefficient (Wildman–Crippen LogP) is 1.11. The van der Waals surface area contributed by atoms with E-state index < -0.39 is 10.0 Å². The second-order valence-corrected chi connectivity index (χ2v) is 7.26. The van der Waals surface area contributed by atoms with Gasteiger partial charge in [0.25, 0.3) is 5.91 Å². The fourth-order valence-electron chi connectivity index (χ4n) is 2.74. The number of rotatable bonds is 6. The highest BCUT2D eigenvalue weighted by Crippen LogP contribution is 2.15. The van der Waals surface area contributed by atoms with Crippen LogP contribution >= 0.6 is 12.4 Å². The molecule has 0 aliphatic carbocycles. The number of amides is 1. The van der Waals surface area contributed by atoms with E-state index in [0.29, 0.717) is 11.1 Å². The molecule has 1 heterocycles. The Hall–Kier alpha value is -1.15. The number of hydrogen-bond acceptors (Lipinski definition) is 4. The molecule has 0 aromatic heterocycles. The SMILES string of the molecule is CCCN(C(=O)c1ccc(CS(N)(=O)=O)cc1)C1CCNC1.Cl. The first-order valence-electron chi connectivity index (χ1n) is 7.52. The summed E-state index contributed by atoms with van der Waals surface area (Å²) in [5.41, 5.74) is 1.17. The Kier molecular flexibility index (Phi) is 7.47. The van der Waals surface area contributed by atoms with Crippen molar-refractivity contribution < 1.29 is 13.2 Å². The normalized spacial score (nSPS) is 17.6. The Morgan fingerprint density at radius 2 is 2.00 bits per heavy atom. The zero-order chi connectivity index (χ0) is 16.2. The van der Waals surface area contributed by atoms with E-state index in [1.54, 1.807) is 24.3 Å². The van der Waals surface area contributed by atoms with Crippen molar-refractivity contribution in [1.82, 2.24) is 10.2 Å². The molecule has 2 rings (SSSR count). The number of benzene rings is 1. The van der Waals surface area contributed by atoms with Gasteiger partial charge in [-0.25, -0.2) is 13.6 Å². The van der Waals surface area contributed by atoms with Gasteiger partial charge in [-0.05, 0) is 37.1 Å². The van der Waals surface area contributed by atoms with Gasteiger partial charge in [-0.1, -0.05) is 19.1 Å². The first-order valence-corrected chi connectivity index (χ1v) is 9.23. The molecule has 0 saturated carbocycles. The highest BCUT2D eigenvalue weighted by atomic mass is 35.5. The maximum atomic E-state index is 12.7. The molecule has 0 radical (unpaired) electrons. The summed E-state index contributed by atoms with van der Waals surface area (Å²) in [5.74, 6) is -0.218. The molecule has 1 saturated heterocycles. The molecule has 6 nitrogen and oxygen atoms in total. The molecule has 1 unspecified atom stereocenters.